The summed E-state index contributed by atoms with van der Waals surface area (Å²) in [6.45, 7) is 1.38. The van der Waals surface area contributed by atoms with Crippen LogP contribution < -0.4 is 0 Å². The van der Waals surface area contributed by atoms with E-state index in [2.05, 4.69) is 20.3 Å². The molecule has 1 saturated carbocycles. The Kier molecular flexibility index (Phi) is 5.04. The van der Waals surface area contributed by atoms with Crippen LogP contribution >= 0.6 is 0 Å². The first-order valence-corrected chi connectivity index (χ1v) is 10.2. The van der Waals surface area contributed by atoms with E-state index in [0.29, 0.717) is 41.7 Å². The maximum Gasteiger partial charge on any atom is 0.257 e. The molecule has 8 nitrogen and oxygen atoms in total. The first kappa shape index (κ1) is 18.9. The number of ether oxygens (including phenoxy) is 1. The molecule has 1 amide bonds. The number of piperidine rings is 1. The summed E-state index contributed by atoms with van der Waals surface area (Å²) in [5, 5.41) is 10.9. The maximum atomic E-state index is 13.2. The highest BCUT2D eigenvalue weighted by Crippen LogP contribution is 2.38. The smallest absolute Gasteiger partial charge is 0.257 e. The van der Waals surface area contributed by atoms with Gasteiger partial charge in [-0.2, -0.15) is 10.1 Å². The van der Waals surface area contributed by atoms with Crippen LogP contribution in [0.2, 0.25) is 0 Å². The second-order valence-corrected chi connectivity index (χ2v) is 7.81. The molecule has 1 aliphatic heterocycles. The molecule has 3 aromatic rings. The van der Waals surface area contributed by atoms with E-state index in [1.54, 1.807) is 17.0 Å². The highest BCUT2D eigenvalue weighted by Gasteiger charge is 2.30. The third kappa shape index (κ3) is 3.97. The van der Waals surface area contributed by atoms with Crippen LogP contribution in [0.15, 0.2) is 35.0 Å². The van der Waals surface area contributed by atoms with E-state index < -0.39 is 0 Å². The van der Waals surface area contributed by atoms with Crippen molar-refractivity contribution in [2.75, 3.05) is 13.1 Å². The average molecular weight is 411 g/mol. The van der Waals surface area contributed by atoms with Crippen molar-refractivity contribution in [3.63, 3.8) is 0 Å². The van der Waals surface area contributed by atoms with Crippen molar-refractivity contribution in [2.24, 2.45) is 0 Å². The Morgan fingerprint density at radius 2 is 2.10 bits per heavy atom. The van der Waals surface area contributed by atoms with Gasteiger partial charge in [0.25, 0.3) is 11.8 Å². The molecular weight excluding hydrogens is 389 g/mol. The van der Waals surface area contributed by atoms with Crippen molar-refractivity contribution < 1.29 is 18.4 Å². The predicted octanol–water partition coefficient (Wildman–Crippen LogP) is 3.30. The van der Waals surface area contributed by atoms with Crippen LogP contribution in [0.3, 0.4) is 0 Å². The molecule has 5 rings (SSSR count). The van der Waals surface area contributed by atoms with Crippen molar-refractivity contribution in [3.8, 4) is 11.3 Å². The normalized spacial score (nSPS) is 19.2. The summed E-state index contributed by atoms with van der Waals surface area (Å²) in [5.74, 6) is 1.24. The molecule has 0 spiro atoms. The number of rotatable bonds is 6. The predicted molar refractivity (Wildman–Crippen MR) is 104 cm³/mol. The minimum atomic E-state index is -0.326. The number of carbonyl (C=O) groups is 1. The third-order valence-electron chi connectivity index (χ3n) is 5.54. The Balaban J connectivity index is 1.23. The van der Waals surface area contributed by atoms with Gasteiger partial charge in [0.15, 0.2) is 5.82 Å². The fourth-order valence-electron chi connectivity index (χ4n) is 3.74. The lowest BCUT2D eigenvalue weighted by molar-refractivity contribution is -0.0153. The summed E-state index contributed by atoms with van der Waals surface area (Å²) < 4.78 is 24.4. The lowest BCUT2D eigenvalue weighted by Gasteiger charge is -2.32. The van der Waals surface area contributed by atoms with Gasteiger partial charge in [0.05, 0.1) is 23.6 Å². The molecular formula is C21H22FN5O3. The molecule has 3 heterocycles. The standard InChI is InChI=1S/C21H22FN5O3/c22-15-7-5-13(6-8-15)19-17(10-23-25-19)21(28)27-9-1-2-16(11-27)29-12-18-24-20(26-30-18)14-3-4-14/h5-8,10,14,16H,1-4,9,11-12H2,(H,23,25). The number of aromatic nitrogens is 4. The van der Waals surface area contributed by atoms with Gasteiger partial charge < -0.3 is 14.2 Å². The molecule has 2 aromatic heterocycles. The number of carbonyl (C=O) groups excluding carboxylic acids is 1. The van der Waals surface area contributed by atoms with E-state index >= 15 is 0 Å². The molecule has 9 heteroatoms. The second-order valence-electron chi connectivity index (χ2n) is 7.81. The molecule has 1 saturated heterocycles. The zero-order valence-electron chi connectivity index (χ0n) is 16.4. The first-order chi connectivity index (χ1) is 14.7. The number of aromatic amines is 1. The van der Waals surface area contributed by atoms with Crippen molar-refractivity contribution >= 4 is 5.91 Å². The van der Waals surface area contributed by atoms with E-state index in [1.807, 2.05) is 0 Å². The van der Waals surface area contributed by atoms with Gasteiger partial charge in [-0.1, -0.05) is 5.16 Å². The van der Waals surface area contributed by atoms with E-state index in [4.69, 9.17) is 9.26 Å². The molecule has 1 N–H and O–H groups in total. The van der Waals surface area contributed by atoms with Crippen molar-refractivity contribution in [3.05, 3.63) is 53.6 Å². The fourth-order valence-corrected chi connectivity index (χ4v) is 3.74. The highest BCUT2D eigenvalue weighted by atomic mass is 19.1. The molecule has 1 aromatic carbocycles. The molecule has 1 unspecified atom stereocenters. The zero-order valence-corrected chi connectivity index (χ0v) is 16.4. The van der Waals surface area contributed by atoms with Crippen LogP contribution in [0.4, 0.5) is 4.39 Å². The lowest BCUT2D eigenvalue weighted by Crippen LogP contribution is -2.43. The number of likely N-dealkylation sites (tertiary alicyclic amines) is 1. The van der Waals surface area contributed by atoms with E-state index in [9.17, 15) is 9.18 Å². The van der Waals surface area contributed by atoms with Crippen LogP contribution in [0.25, 0.3) is 11.3 Å². The van der Waals surface area contributed by atoms with Gasteiger partial charge in [-0.3, -0.25) is 9.89 Å². The number of nitrogens with zero attached hydrogens (tertiary/aromatic N) is 4. The third-order valence-corrected chi connectivity index (χ3v) is 5.54. The van der Waals surface area contributed by atoms with E-state index in [-0.39, 0.29) is 24.4 Å². The van der Waals surface area contributed by atoms with E-state index in [1.165, 1.54) is 18.3 Å². The number of nitrogens with one attached hydrogen (secondary N) is 1. The molecule has 2 aliphatic rings. The van der Waals surface area contributed by atoms with Crippen LogP contribution in [0.5, 0.6) is 0 Å². The SMILES string of the molecule is O=C(c1cn[nH]c1-c1ccc(F)cc1)N1CCCC(OCc2nc(C3CC3)no2)C1. The van der Waals surface area contributed by atoms with E-state index in [0.717, 1.165) is 31.5 Å². The molecule has 30 heavy (non-hydrogen) atoms. The summed E-state index contributed by atoms with van der Waals surface area (Å²) >= 11 is 0. The Morgan fingerprint density at radius 3 is 2.90 bits per heavy atom. The van der Waals surface area contributed by atoms with Gasteiger partial charge in [0.1, 0.15) is 12.4 Å². The molecule has 0 radical (unpaired) electrons. The van der Waals surface area contributed by atoms with Crippen molar-refractivity contribution in [1.82, 2.24) is 25.2 Å². The summed E-state index contributed by atoms with van der Waals surface area (Å²) in [6.07, 6.45) is 5.37. The zero-order chi connectivity index (χ0) is 20.5. The highest BCUT2D eigenvalue weighted by molar-refractivity contribution is 5.99. The van der Waals surface area contributed by atoms with Crippen LogP contribution in [-0.2, 0) is 11.3 Å². The number of H-pyrrole nitrogens is 1. The van der Waals surface area contributed by atoms with Gasteiger partial charge >= 0.3 is 0 Å². The molecule has 0 bridgehead atoms. The van der Waals surface area contributed by atoms with Crippen LogP contribution in [0.1, 0.15) is 53.7 Å². The minimum Gasteiger partial charge on any atom is -0.367 e. The van der Waals surface area contributed by atoms with Gasteiger partial charge in [-0.15, -0.1) is 0 Å². The maximum absolute atomic E-state index is 13.2. The number of halogens is 1. The minimum absolute atomic E-state index is 0.0971. The monoisotopic (exact) mass is 411 g/mol. The van der Waals surface area contributed by atoms with Crippen LogP contribution in [-0.4, -0.2) is 50.3 Å². The first-order valence-electron chi connectivity index (χ1n) is 10.2. The van der Waals surface area contributed by atoms with Gasteiger partial charge in [0.2, 0.25) is 0 Å². The average Bonchev–Trinajstić information content (AvgIpc) is 3.31. The van der Waals surface area contributed by atoms with Crippen molar-refractivity contribution in [2.45, 2.75) is 44.3 Å². The van der Waals surface area contributed by atoms with Gasteiger partial charge in [-0.05, 0) is 49.9 Å². The Labute approximate surface area is 172 Å². The quantitative estimate of drug-likeness (QED) is 0.669. The number of benzene rings is 1. The topological polar surface area (TPSA) is 97.1 Å². The molecule has 1 atom stereocenters. The van der Waals surface area contributed by atoms with Gasteiger partial charge in [-0.25, -0.2) is 4.39 Å². The summed E-state index contributed by atoms with van der Waals surface area (Å²) in [6, 6.07) is 5.98. The molecule has 156 valence electrons. The van der Waals surface area contributed by atoms with Crippen molar-refractivity contribution in [1.29, 1.82) is 0 Å². The fraction of sp³-hybridized carbons (Fsp3) is 0.429. The molecule has 2 fully saturated rings. The summed E-state index contributed by atoms with van der Waals surface area (Å²) in [7, 11) is 0. The van der Waals surface area contributed by atoms with Crippen LogP contribution in [0, 0.1) is 5.82 Å². The lowest BCUT2D eigenvalue weighted by atomic mass is 10.0. The molecule has 1 aliphatic carbocycles. The largest absolute Gasteiger partial charge is 0.367 e. The Bertz CT molecular complexity index is 1030. The summed E-state index contributed by atoms with van der Waals surface area (Å²) in [4.78, 5) is 19.3. The number of hydrogen-bond acceptors (Lipinski definition) is 6. The summed E-state index contributed by atoms with van der Waals surface area (Å²) in [5.41, 5.74) is 1.76. The second kappa shape index (κ2) is 7.98. The Hall–Kier alpha value is -3.07. The number of hydrogen-bond donors (Lipinski definition) is 1. The number of amides is 1. The van der Waals surface area contributed by atoms with Gasteiger partial charge in [0, 0.05) is 24.6 Å². The Morgan fingerprint density at radius 1 is 1.27 bits per heavy atom.